The summed E-state index contributed by atoms with van der Waals surface area (Å²) in [5.41, 5.74) is 3.25. The van der Waals surface area contributed by atoms with E-state index in [9.17, 15) is 9.59 Å². The molecule has 0 aliphatic carbocycles. The third kappa shape index (κ3) is 4.28. The molecule has 144 valence electrons. The van der Waals surface area contributed by atoms with Crippen LogP contribution in [0.4, 0.5) is 0 Å². The monoisotopic (exact) mass is 378 g/mol. The number of ether oxygens (including phenoxy) is 2. The molecule has 6 heteroatoms. The molecule has 0 saturated heterocycles. The minimum Gasteiger partial charge on any atom is -0.462 e. The number of aromatic nitrogens is 2. The van der Waals surface area contributed by atoms with Crippen molar-refractivity contribution in [1.82, 2.24) is 9.97 Å². The van der Waals surface area contributed by atoms with Crippen molar-refractivity contribution in [2.24, 2.45) is 0 Å². The van der Waals surface area contributed by atoms with E-state index in [1.165, 1.54) is 0 Å². The van der Waals surface area contributed by atoms with E-state index in [2.05, 4.69) is 9.97 Å². The Hall–Kier alpha value is -3.41. The summed E-state index contributed by atoms with van der Waals surface area (Å²) in [4.78, 5) is 31.5. The molecule has 0 aliphatic rings. The van der Waals surface area contributed by atoms with Gasteiger partial charge < -0.3 is 14.5 Å². The van der Waals surface area contributed by atoms with Gasteiger partial charge in [0.1, 0.15) is 11.6 Å². The standard InChI is InChI=1S/C22H22N2O4/c1-4-20-23-13-18(24-20)22(26)28-19-12-14(3)6-11-17(19)15-7-9-16(10-8-15)21(25)27-5-2/h6-13H,4-5H2,1-3H3,(H,23,24). The van der Waals surface area contributed by atoms with Crippen molar-refractivity contribution in [3.05, 3.63) is 71.3 Å². The van der Waals surface area contributed by atoms with Gasteiger partial charge in [0.05, 0.1) is 12.2 Å². The molecule has 0 radical (unpaired) electrons. The number of H-pyrrole nitrogens is 1. The van der Waals surface area contributed by atoms with Crippen molar-refractivity contribution < 1.29 is 19.1 Å². The number of nitrogens with zero attached hydrogens (tertiary/aromatic N) is 1. The molecule has 0 bridgehead atoms. The molecular formula is C22H22N2O4. The van der Waals surface area contributed by atoms with Crippen LogP contribution in [0.5, 0.6) is 5.75 Å². The van der Waals surface area contributed by atoms with Crippen LogP contribution in [0.15, 0.2) is 48.7 Å². The number of aromatic amines is 1. The Labute approximate surface area is 163 Å². The van der Waals surface area contributed by atoms with Crippen molar-refractivity contribution in [3.8, 4) is 16.9 Å². The lowest BCUT2D eigenvalue weighted by Gasteiger charge is -2.11. The molecule has 0 unspecified atom stereocenters. The van der Waals surface area contributed by atoms with E-state index in [4.69, 9.17) is 9.47 Å². The van der Waals surface area contributed by atoms with E-state index in [1.807, 2.05) is 26.0 Å². The molecule has 28 heavy (non-hydrogen) atoms. The number of hydrogen-bond donors (Lipinski definition) is 1. The number of carbonyl (C=O) groups is 2. The lowest BCUT2D eigenvalue weighted by molar-refractivity contribution is 0.0526. The van der Waals surface area contributed by atoms with Gasteiger partial charge in [0.15, 0.2) is 5.69 Å². The van der Waals surface area contributed by atoms with E-state index in [-0.39, 0.29) is 11.7 Å². The lowest BCUT2D eigenvalue weighted by atomic mass is 10.0. The summed E-state index contributed by atoms with van der Waals surface area (Å²) in [6.07, 6.45) is 2.25. The fourth-order valence-corrected chi connectivity index (χ4v) is 2.75. The van der Waals surface area contributed by atoms with Crippen molar-refractivity contribution in [2.45, 2.75) is 27.2 Å². The van der Waals surface area contributed by atoms with Gasteiger partial charge in [0.2, 0.25) is 0 Å². The summed E-state index contributed by atoms with van der Waals surface area (Å²) >= 11 is 0. The Morgan fingerprint density at radius 3 is 2.43 bits per heavy atom. The van der Waals surface area contributed by atoms with Gasteiger partial charge in [-0.1, -0.05) is 31.2 Å². The van der Waals surface area contributed by atoms with E-state index < -0.39 is 5.97 Å². The second-order valence-electron chi connectivity index (χ2n) is 6.27. The third-order valence-corrected chi connectivity index (χ3v) is 4.22. The van der Waals surface area contributed by atoms with Gasteiger partial charge in [-0.2, -0.15) is 0 Å². The Morgan fingerprint density at radius 1 is 1.04 bits per heavy atom. The quantitative estimate of drug-likeness (QED) is 0.510. The van der Waals surface area contributed by atoms with Crippen LogP contribution in [0.25, 0.3) is 11.1 Å². The molecule has 2 aromatic carbocycles. The molecule has 0 atom stereocenters. The SMILES string of the molecule is CCOC(=O)c1ccc(-c2ccc(C)cc2OC(=O)c2c[nH]c(CC)n2)cc1. The smallest absolute Gasteiger partial charge is 0.363 e. The number of carbonyl (C=O) groups excluding carboxylic acids is 2. The summed E-state index contributed by atoms with van der Waals surface area (Å²) < 4.78 is 10.6. The highest BCUT2D eigenvalue weighted by Crippen LogP contribution is 2.32. The highest BCUT2D eigenvalue weighted by Gasteiger charge is 2.16. The van der Waals surface area contributed by atoms with Crippen LogP contribution in [0.3, 0.4) is 0 Å². The molecule has 1 N–H and O–H groups in total. The summed E-state index contributed by atoms with van der Waals surface area (Å²) in [6.45, 7) is 5.97. The molecule has 1 heterocycles. The summed E-state index contributed by atoms with van der Waals surface area (Å²) in [7, 11) is 0. The Bertz CT molecular complexity index is 990. The zero-order valence-corrected chi connectivity index (χ0v) is 16.1. The highest BCUT2D eigenvalue weighted by molar-refractivity contribution is 5.91. The Morgan fingerprint density at radius 2 is 1.79 bits per heavy atom. The summed E-state index contributed by atoms with van der Waals surface area (Å²) in [6, 6.07) is 12.6. The highest BCUT2D eigenvalue weighted by atomic mass is 16.5. The lowest BCUT2D eigenvalue weighted by Crippen LogP contribution is -2.10. The van der Waals surface area contributed by atoms with Crippen LogP contribution in [0.2, 0.25) is 0 Å². The Balaban J connectivity index is 1.88. The minimum absolute atomic E-state index is 0.238. The fourth-order valence-electron chi connectivity index (χ4n) is 2.75. The van der Waals surface area contributed by atoms with Gasteiger partial charge in [0.25, 0.3) is 0 Å². The summed E-state index contributed by atoms with van der Waals surface area (Å²) in [5, 5.41) is 0. The van der Waals surface area contributed by atoms with Crippen molar-refractivity contribution in [2.75, 3.05) is 6.61 Å². The molecule has 1 aromatic heterocycles. The summed E-state index contributed by atoms with van der Waals surface area (Å²) in [5.74, 6) is 0.279. The van der Waals surface area contributed by atoms with Crippen LogP contribution in [0, 0.1) is 6.92 Å². The van der Waals surface area contributed by atoms with Gasteiger partial charge in [-0.25, -0.2) is 14.6 Å². The largest absolute Gasteiger partial charge is 0.462 e. The number of hydrogen-bond acceptors (Lipinski definition) is 5. The van der Waals surface area contributed by atoms with E-state index in [0.717, 1.165) is 22.5 Å². The molecule has 0 saturated carbocycles. The number of nitrogens with one attached hydrogen (secondary N) is 1. The second kappa shape index (κ2) is 8.52. The van der Waals surface area contributed by atoms with Gasteiger partial charge in [-0.3, -0.25) is 0 Å². The van der Waals surface area contributed by atoms with Gasteiger partial charge in [0, 0.05) is 18.2 Å². The number of esters is 2. The predicted octanol–water partition coefficient (Wildman–Crippen LogP) is 4.34. The maximum absolute atomic E-state index is 12.5. The van der Waals surface area contributed by atoms with Crippen LogP contribution >= 0.6 is 0 Å². The van der Waals surface area contributed by atoms with Gasteiger partial charge in [-0.05, 0) is 43.2 Å². The normalized spacial score (nSPS) is 10.5. The van der Waals surface area contributed by atoms with Gasteiger partial charge in [-0.15, -0.1) is 0 Å². The molecule has 3 rings (SSSR count). The number of imidazole rings is 1. The molecular weight excluding hydrogens is 356 g/mol. The maximum atomic E-state index is 12.5. The predicted molar refractivity (Wildman–Crippen MR) is 105 cm³/mol. The van der Waals surface area contributed by atoms with E-state index in [1.54, 1.807) is 43.5 Å². The molecule has 0 aliphatic heterocycles. The first-order valence-corrected chi connectivity index (χ1v) is 9.16. The average molecular weight is 378 g/mol. The number of rotatable bonds is 6. The minimum atomic E-state index is -0.522. The topological polar surface area (TPSA) is 81.3 Å². The molecule has 6 nitrogen and oxygen atoms in total. The maximum Gasteiger partial charge on any atom is 0.363 e. The first kappa shape index (κ1) is 19.4. The first-order chi connectivity index (χ1) is 13.5. The average Bonchev–Trinajstić information content (AvgIpc) is 3.18. The van der Waals surface area contributed by atoms with E-state index >= 15 is 0 Å². The number of benzene rings is 2. The third-order valence-electron chi connectivity index (χ3n) is 4.22. The first-order valence-electron chi connectivity index (χ1n) is 9.16. The van der Waals surface area contributed by atoms with Crippen LogP contribution < -0.4 is 4.74 Å². The number of aryl methyl sites for hydroxylation is 2. The molecule has 3 aromatic rings. The second-order valence-corrected chi connectivity index (χ2v) is 6.27. The van der Waals surface area contributed by atoms with Crippen molar-refractivity contribution in [1.29, 1.82) is 0 Å². The molecule has 0 amide bonds. The Kier molecular flexibility index (Phi) is 5.89. The fraction of sp³-hybridized carbons (Fsp3) is 0.227. The van der Waals surface area contributed by atoms with Gasteiger partial charge >= 0.3 is 11.9 Å². The van der Waals surface area contributed by atoms with Crippen molar-refractivity contribution in [3.63, 3.8) is 0 Å². The van der Waals surface area contributed by atoms with Crippen molar-refractivity contribution >= 4 is 11.9 Å². The zero-order valence-electron chi connectivity index (χ0n) is 16.1. The van der Waals surface area contributed by atoms with Crippen LogP contribution in [0.1, 0.15) is 46.1 Å². The van der Waals surface area contributed by atoms with E-state index in [0.29, 0.717) is 24.3 Å². The zero-order chi connectivity index (χ0) is 20.1. The molecule has 0 spiro atoms. The van der Waals surface area contributed by atoms with Crippen LogP contribution in [-0.4, -0.2) is 28.5 Å². The molecule has 0 fully saturated rings. The van der Waals surface area contributed by atoms with Crippen LogP contribution in [-0.2, 0) is 11.2 Å².